The van der Waals surface area contributed by atoms with E-state index in [4.69, 9.17) is 0 Å². The summed E-state index contributed by atoms with van der Waals surface area (Å²) < 4.78 is 0. The molecule has 4 heteroatoms. The Bertz CT molecular complexity index is 414. The van der Waals surface area contributed by atoms with Gasteiger partial charge in [0.05, 0.1) is 24.3 Å². The average Bonchev–Trinajstić information content (AvgIpc) is 3.02. The van der Waals surface area contributed by atoms with Crippen molar-refractivity contribution in [3.63, 3.8) is 0 Å². The molecule has 0 spiro atoms. The molecule has 0 unspecified atom stereocenters. The van der Waals surface area contributed by atoms with Crippen LogP contribution in [0.15, 0.2) is 0 Å². The SMILES string of the molecule is CCCC[C@@H](CC)C1C(C#N)(C#N)C1(C#N)C#N. The Kier molecular flexibility index (Phi) is 3.96. The van der Waals surface area contributed by atoms with Gasteiger partial charge in [0.2, 0.25) is 0 Å². The van der Waals surface area contributed by atoms with Gasteiger partial charge >= 0.3 is 0 Å². The van der Waals surface area contributed by atoms with Gasteiger partial charge in [-0.05, 0) is 5.92 Å². The minimum Gasteiger partial charge on any atom is -0.196 e. The zero-order valence-corrected chi connectivity index (χ0v) is 10.8. The Labute approximate surface area is 108 Å². The third-order valence-electron chi connectivity index (χ3n) is 4.10. The average molecular weight is 240 g/mol. The first-order valence-corrected chi connectivity index (χ1v) is 6.29. The molecule has 0 radical (unpaired) electrons. The van der Waals surface area contributed by atoms with Crippen molar-refractivity contribution in [2.75, 3.05) is 0 Å². The van der Waals surface area contributed by atoms with Gasteiger partial charge in [-0.1, -0.05) is 39.5 Å². The van der Waals surface area contributed by atoms with Gasteiger partial charge in [0.1, 0.15) is 0 Å². The highest BCUT2D eigenvalue weighted by molar-refractivity contribution is 5.51. The summed E-state index contributed by atoms with van der Waals surface area (Å²) in [7, 11) is 0. The van der Waals surface area contributed by atoms with Crippen molar-refractivity contribution in [1.82, 2.24) is 0 Å². The molecule has 1 aliphatic rings. The van der Waals surface area contributed by atoms with Crippen molar-refractivity contribution in [2.45, 2.75) is 39.5 Å². The van der Waals surface area contributed by atoms with Crippen LogP contribution in [-0.4, -0.2) is 0 Å². The van der Waals surface area contributed by atoms with E-state index in [2.05, 4.69) is 6.92 Å². The first-order chi connectivity index (χ1) is 8.63. The number of unbranched alkanes of at least 4 members (excludes halogenated alkanes) is 1. The van der Waals surface area contributed by atoms with Crippen molar-refractivity contribution in [2.24, 2.45) is 22.7 Å². The first-order valence-electron chi connectivity index (χ1n) is 6.29. The lowest BCUT2D eigenvalue weighted by molar-refractivity contribution is 0.366. The number of hydrogen-bond acceptors (Lipinski definition) is 4. The fourth-order valence-corrected chi connectivity index (χ4v) is 2.96. The molecule has 0 saturated heterocycles. The zero-order valence-electron chi connectivity index (χ0n) is 10.8. The summed E-state index contributed by atoms with van der Waals surface area (Å²) in [5, 5.41) is 36.9. The molecule has 0 N–H and O–H groups in total. The van der Waals surface area contributed by atoms with Crippen LogP contribution in [0.25, 0.3) is 0 Å². The normalized spacial score (nSPS) is 20.8. The van der Waals surface area contributed by atoms with Crippen molar-refractivity contribution < 1.29 is 0 Å². The molecule has 0 heterocycles. The molecule has 1 saturated carbocycles. The molecule has 4 nitrogen and oxygen atoms in total. The second kappa shape index (κ2) is 5.08. The Hall–Kier alpha value is -2.04. The molecule has 0 aromatic rings. The molecule has 1 aliphatic carbocycles. The van der Waals surface area contributed by atoms with Crippen LogP contribution in [0.4, 0.5) is 0 Å². The van der Waals surface area contributed by atoms with E-state index in [0.717, 1.165) is 25.7 Å². The number of nitriles is 4. The quantitative estimate of drug-likeness (QED) is 0.738. The molecule has 1 rings (SSSR count). The second-order valence-electron chi connectivity index (χ2n) is 4.85. The molecule has 1 atom stereocenters. The highest BCUT2D eigenvalue weighted by Gasteiger charge is 2.82. The topological polar surface area (TPSA) is 95.2 Å². The molecule has 0 aromatic carbocycles. The third-order valence-corrected chi connectivity index (χ3v) is 4.10. The van der Waals surface area contributed by atoms with Crippen LogP contribution < -0.4 is 0 Å². The fourth-order valence-electron chi connectivity index (χ4n) is 2.96. The lowest BCUT2D eigenvalue weighted by Gasteiger charge is -2.13. The molecular weight excluding hydrogens is 224 g/mol. The maximum Gasteiger partial charge on any atom is 0.181 e. The van der Waals surface area contributed by atoms with Crippen LogP contribution in [0.5, 0.6) is 0 Å². The maximum atomic E-state index is 9.22. The largest absolute Gasteiger partial charge is 0.196 e. The van der Waals surface area contributed by atoms with Gasteiger partial charge in [-0.25, -0.2) is 0 Å². The van der Waals surface area contributed by atoms with Crippen molar-refractivity contribution >= 4 is 0 Å². The third kappa shape index (κ3) is 1.54. The van der Waals surface area contributed by atoms with Crippen molar-refractivity contribution in [3.8, 4) is 24.3 Å². The molecule has 0 bridgehead atoms. The molecule has 1 fully saturated rings. The number of hydrogen-bond donors (Lipinski definition) is 0. The van der Waals surface area contributed by atoms with E-state index >= 15 is 0 Å². The van der Waals surface area contributed by atoms with Gasteiger partial charge in [-0.3, -0.25) is 0 Å². The first kappa shape index (κ1) is 14.0. The predicted molar refractivity (Wildman–Crippen MR) is 64.1 cm³/mol. The summed E-state index contributed by atoms with van der Waals surface area (Å²) in [6.07, 6.45) is 3.69. The summed E-state index contributed by atoms with van der Waals surface area (Å²) in [6, 6.07) is 7.72. The van der Waals surface area contributed by atoms with Crippen LogP contribution in [-0.2, 0) is 0 Å². The summed E-state index contributed by atoms with van der Waals surface area (Å²) in [4.78, 5) is 0. The number of nitrogens with zero attached hydrogens (tertiary/aromatic N) is 4. The number of rotatable bonds is 5. The molecule has 18 heavy (non-hydrogen) atoms. The summed E-state index contributed by atoms with van der Waals surface area (Å²) >= 11 is 0. The van der Waals surface area contributed by atoms with E-state index in [0.29, 0.717) is 0 Å². The van der Waals surface area contributed by atoms with Crippen molar-refractivity contribution in [3.05, 3.63) is 0 Å². The molecule has 0 aliphatic heterocycles. The predicted octanol–water partition coefficient (Wildman–Crippen LogP) is 2.90. The zero-order chi connectivity index (χ0) is 13.8. The minimum absolute atomic E-state index is 0.101. The Morgan fingerprint density at radius 2 is 1.39 bits per heavy atom. The Morgan fingerprint density at radius 1 is 0.944 bits per heavy atom. The Balaban J connectivity index is 3.11. The van der Waals surface area contributed by atoms with E-state index in [1.807, 2.05) is 31.2 Å². The van der Waals surface area contributed by atoms with E-state index < -0.39 is 16.7 Å². The monoisotopic (exact) mass is 240 g/mol. The lowest BCUT2D eigenvalue weighted by atomic mass is 9.89. The molecule has 0 aromatic heterocycles. The fraction of sp³-hybridized carbons (Fsp3) is 0.714. The van der Waals surface area contributed by atoms with E-state index in [1.54, 1.807) is 0 Å². The highest BCUT2D eigenvalue weighted by atomic mass is 14.8. The van der Waals surface area contributed by atoms with Crippen LogP contribution in [0.3, 0.4) is 0 Å². The van der Waals surface area contributed by atoms with E-state index in [9.17, 15) is 21.0 Å². The summed E-state index contributed by atoms with van der Waals surface area (Å²) in [5.41, 5.74) is -2.85. The van der Waals surface area contributed by atoms with Gasteiger partial charge in [0.25, 0.3) is 0 Å². The van der Waals surface area contributed by atoms with Gasteiger partial charge in [-0.15, -0.1) is 0 Å². The second-order valence-corrected chi connectivity index (χ2v) is 4.85. The Morgan fingerprint density at radius 3 is 1.67 bits per heavy atom. The molecular formula is C14H16N4. The van der Waals surface area contributed by atoms with Crippen molar-refractivity contribution in [1.29, 1.82) is 21.0 Å². The summed E-state index contributed by atoms with van der Waals surface area (Å²) in [5.74, 6) is -0.324. The van der Waals surface area contributed by atoms with Crippen LogP contribution in [0, 0.1) is 68.0 Å². The van der Waals surface area contributed by atoms with E-state index in [1.165, 1.54) is 0 Å². The lowest BCUT2D eigenvalue weighted by Crippen LogP contribution is -2.08. The van der Waals surface area contributed by atoms with Crippen LogP contribution >= 0.6 is 0 Å². The maximum absolute atomic E-state index is 9.22. The standard InChI is InChI=1S/C14H16N4/c1-3-5-6-11(4-2)12-13(7-15,8-16)14(12,9-17)10-18/h11-12H,3-6H2,1-2H3/t11-/m1/s1. The van der Waals surface area contributed by atoms with Gasteiger partial charge < -0.3 is 0 Å². The van der Waals surface area contributed by atoms with E-state index in [-0.39, 0.29) is 5.92 Å². The van der Waals surface area contributed by atoms with Crippen LogP contribution in [0.1, 0.15) is 39.5 Å². The molecule has 92 valence electrons. The summed E-state index contributed by atoms with van der Waals surface area (Å²) in [6.45, 7) is 4.06. The van der Waals surface area contributed by atoms with Gasteiger partial charge in [0, 0.05) is 5.92 Å². The smallest absolute Gasteiger partial charge is 0.181 e. The minimum atomic E-state index is -1.43. The van der Waals surface area contributed by atoms with Crippen LogP contribution in [0.2, 0.25) is 0 Å². The van der Waals surface area contributed by atoms with Gasteiger partial charge in [0.15, 0.2) is 10.8 Å². The molecule has 0 amide bonds. The van der Waals surface area contributed by atoms with Gasteiger partial charge in [-0.2, -0.15) is 21.0 Å². The highest BCUT2D eigenvalue weighted by Crippen LogP contribution is 2.71.